The smallest absolute Gasteiger partial charge is 0.258 e. The summed E-state index contributed by atoms with van der Waals surface area (Å²) in [6, 6.07) is 15.9. The zero-order chi connectivity index (χ0) is 20.4. The zero-order valence-electron chi connectivity index (χ0n) is 17.8. The van der Waals surface area contributed by atoms with Gasteiger partial charge in [-0.15, -0.1) is 12.4 Å². The van der Waals surface area contributed by atoms with Gasteiger partial charge in [-0.3, -0.25) is 4.79 Å². The molecule has 0 spiro atoms. The van der Waals surface area contributed by atoms with Crippen molar-refractivity contribution in [2.45, 2.75) is 25.6 Å². The Kier molecular flexibility index (Phi) is 7.19. The molecule has 0 amide bonds. The first kappa shape index (κ1) is 22.3. The molecule has 1 fully saturated rings. The van der Waals surface area contributed by atoms with Gasteiger partial charge in [0.05, 0.1) is 25.5 Å². The van der Waals surface area contributed by atoms with E-state index < -0.39 is 0 Å². The van der Waals surface area contributed by atoms with E-state index in [0.29, 0.717) is 12.0 Å². The van der Waals surface area contributed by atoms with E-state index >= 15 is 0 Å². The number of pyridine rings is 1. The fourth-order valence-corrected chi connectivity index (χ4v) is 4.22. The van der Waals surface area contributed by atoms with Crippen molar-refractivity contribution >= 4 is 23.2 Å². The molecular weight excluding hydrogens is 400 g/mol. The van der Waals surface area contributed by atoms with Gasteiger partial charge in [-0.05, 0) is 50.2 Å². The first-order valence-corrected chi connectivity index (χ1v) is 10.1. The molecule has 6 heteroatoms. The molecule has 2 heterocycles. The first-order valence-electron chi connectivity index (χ1n) is 10.1. The molecule has 0 saturated carbocycles. The molecule has 1 aromatic heterocycles. The highest BCUT2D eigenvalue weighted by molar-refractivity contribution is 5.98. The highest BCUT2D eigenvalue weighted by atomic mass is 35.5. The minimum Gasteiger partial charge on any atom is -0.497 e. The lowest BCUT2D eigenvalue weighted by molar-refractivity contribution is -0.00571. The van der Waals surface area contributed by atoms with E-state index in [-0.39, 0.29) is 24.1 Å². The van der Waals surface area contributed by atoms with Crippen LogP contribution < -0.4 is 10.3 Å². The lowest BCUT2D eigenvalue weighted by Crippen LogP contribution is -2.37. The van der Waals surface area contributed by atoms with E-state index in [1.165, 1.54) is 0 Å². The fourth-order valence-electron chi connectivity index (χ4n) is 4.22. The van der Waals surface area contributed by atoms with Gasteiger partial charge in [0.15, 0.2) is 0 Å². The van der Waals surface area contributed by atoms with E-state index in [1.54, 1.807) is 11.7 Å². The number of halogens is 1. The molecule has 1 unspecified atom stereocenters. The average Bonchev–Trinajstić information content (AvgIpc) is 2.75. The van der Waals surface area contributed by atoms with Gasteiger partial charge in [-0.25, -0.2) is 0 Å². The zero-order valence-corrected chi connectivity index (χ0v) is 18.6. The topological polar surface area (TPSA) is 43.7 Å². The van der Waals surface area contributed by atoms with Gasteiger partial charge in [-0.1, -0.05) is 30.3 Å². The number of methoxy groups -OCH3 is 1. The molecule has 0 bridgehead atoms. The molecule has 2 aromatic carbocycles. The summed E-state index contributed by atoms with van der Waals surface area (Å²) in [6.45, 7) is 2.45. The minimum atomic E-state index is -0.0123. The van der Waals surface area contributed by atoms with E-state index in [1.807, 2.05) is 43.4 Å². The molecule has 0 aliphatic carbocycles. The van der Waals surface area contributed by atoms with Crippen LogP contribution in [0.2, 0.25) is 0 Å². The van der Waals surface area contributed by atoms with Gasteiger partial charge < -0.3 is 18.9 Å². The van der Waals surface area contributed by atoms with Crippen LogP contribution in [0.5, 0.6) is 5.75 Å². The first-order chi connectivity index (χ1) is 14.1. The largest absolute Gasteiger partial charge is 0.497 e. The second kappa shape index (κ2) is 9.65. The van der Waals surface area contributed by atoms with Crippen LogP contribution >= 0.6 is 12.4 Å². The van der Waals surface area contributed by atoms with Crippen molar-refractivity contribution in [1.29, 1.82) is 0 Å². The maximum atomic E-state index is 13.1. The predicted molar refractivity (Wildman–Crippen MR) is 124 cm³/mol. The number of benzene rings is 2. The van der Waals surface area contributed by atoms with Crippen molar-refractivity contribution in [1.82, 2.24) is 9.47 Å². The highest BCUT2D eigenvalue weighted by Crippen LogP contribution is 2.33. The Morgan fingerprint density at radius 1 is 1.07 bits per heavy atom. The van der Waals surface area contributed by atoms with Crippen LogP contribution in [0.4, 0.5) is 0 Å². The Morgan fingerprint density at radius 2 is 1.83 bits per heavy atom. The number of piperidine rings is 1. The Hall–Kier alpha value is -2.34. The Balaban J connectivity index is 0.00000256. The molecule has 1 saturated heterocycles. The second-order valence-electron chi connectivity index (χ2n) is 7.80. The maximum absolute atomic E-state index is 13.1. The van der Waals surface area contributed by atoms with Gasteiger partial charge >= 0.3 is 0 Å². The molecule has 0 radical (unpaired) electrons. The number of hydrogen-bond donors (Lipinski definition) is 0. The van der Waals surface area contributed by atoms with Crippen molar-refractivity contribution in [3.8, 4) is 16.9 Å². The van der Waals surface area contributed by atoms with E-state index in [2.05, 4.69) is 24.1 Å². The fraction of sp³-hybridized carbons (Fsp3) is 0.375. The molecule has 30 heavy (non-hydrogen) atoms. The number of likely N-dealkylation sites (N-methyl/N-ethyl adjacent to an activating group) is 1. The summed E-state index contributed by atoms with van der Waals surface area (Å²) in [5.41, 5.74) is 2.99. The summed E-state index contributed by atoms with van der Waals surface area (Å²) in [5, 5.41) is 1.59. The summed E-state index contributed by atoms with van der Waals surface area (Å²) < 4.78 is 13.5. The van der Waals surface area contributed by atoms with Crippen molar-refractivity contribution in [3.63, 3.8) is 0 Å². The molecule has 3 aromatic rings. The molecule has 1 atom stereocenters. The van der Waals surface area contributed by atoms with E-state index in [0.717, 1.165) is 53.9 Å². The van der Waals surface area contributed by atoms with Crippen LogP contribution in [0.1, 0.15) is 18.5 Å². The number of aromatic nitrogens is 1. The summed E-state index contributed by atoms with van der Waals surface area (Å²) >= 11 is 0. The summed E-state index contributed by atoms with van der Waals surface area (Å²) in [7, 11) is 5.61. The summed E-state index contributed by atoms with van der Waals surface area (Å²) in [4.78, 5) is 15.4. The average molecular weight is 429 g/mol. The quantitative estimate of drug-likeness (QED) is 0.609. The van der Waals surface area contributed by atoms with Crippen molar-refractivity contribution in [2.75, 3.05) is 27.2 Å². The summed E-state index contributed by atoms with van der Waals surface area (Å²) in [6.07, 6.45) is 2.38. The number of nitrogens with zero attached hydrogens (tertiary/aromatic N) is 2. The number of fused-ring (bicyclic) bond motifs is 1. The van der Waals surface area contributed by atoms with Gasteiger partial charge in [0.1, 0.15) is 5.75 Å². The van der Waals surface area contributed by atoms with Crippen LogP contribution in [-0.2, 0) is 18.4 Å². The molecule has 1 aliphatic rings. The summed E-state index contributed by atoms with van der Waals surface area (Å²) in [5.74, 6) is 0.740. The molecule has 5 nitrogen and oxygen atoms in total. The van der Waals surface area contributed by atoms with Crippen LogP contribution in [-0.4, -0.2) is 42.8 Å². The Bertz CT molecular complexity index is 1070. The lowest BCUT2D eigenvalue weighted by Gasteiger charge is -2.30. The Morgan fingerprint density at radius 3 is 2.53 bits per heavy atom. The highest BCUT2D eigenvalue weighted by Gasteiger charge is 2.21. The third-order valence-electron chi connectivity index (χ3n) is 5.82. The van der Waals surface area contributed by atoms with Crippen LogP contribution in [0.3, 0.4) is 0 Å². The standard InChI is InChI=1S/C24H28N2O3.ClH/c1-25-13-7-10-19(15-25)29-16-22-23(17-8-5-4-6-9-17)21-14-18(28-3)11-12-20(21)24(27)26(22)2;/h4-6,8-9,11-12,14,19H,7,10,13,15-16H2,1-3H3;1H. The van der Waals surface area contributed by atoms with Gasteiger partial charge in [0.2, 0.25) is 0 Å². The SMILES string of the molecule is COc1ccc2c(=O)n(C)c(COC3CCCN(C)C3)c(-c3ccccc3)c2c1.Cl. The minimum absolute atomic E-state index is 0. The number of hydrogen-bond acceptors (Lipinski definition) is 4. The maximum Gasteiger partial charge on any atom is 0.258 e. The predicted octanol–water partition coefficient (Wildman–Crippen LogP) is 4.25. The molecule has 160 valence electrons. The van der Waals surface area contributed by atoms with Crippen LogP contribution in [0.25, 0.3) is 21.9 Å². The molecule has 0 N–H and O–H groups in total. The second-order valence-corrected chi connectivity index (χ2v) is 7.80. The van der Waals surface area contributed by atoms with Crippen molar-refractivity contribution in [3.05, 3.63) is 64.6 Å². The van der Waals surface area contributed by atoms with Gasteiger partial charge in [0, 0.05) is 29.9 Å². The van der Waals surface area contributed by atoms with E-state index in [4.69, 9.17) is 9.47 Å². The third kappa shape index (κ3) is 4.38. The molecule has 1 aliphatic heterocycles. The molecule has 4 rings (SSSR count). The van der Waals surface area contributed by atoms with Crippen molar-refractivity contribution in [2.24, 2.45) is 7.05 Å². The third-order valence-corrected chi connectivity index (χ3v) is 5.82. The lowest BCUT2D eigenvalue weighted by atomic mass is 9.96. The van der Waals surface area contributed by atoms with Crippen LogP contribution in [0, 0.1) is 0 Å². The molecular formula is C24H29ClN2O3. The monoisotopic (exact) mass is 428 g/mol. The van der Waals surface area contributed by atoms with Gasteiger partial charge in [0.25, 0.3) is 5.56 Å². The van der Waals surface area contributed by atoms with E-state index in [9.17, 15) is 4.79 Å². The normalized spacial score (nSPS) is 17.0. The number of likely N-dealkylation sites (tertiary alicyclic amines) is 1. The van der Waals surface area contributed by atoms with Crippen molar-refractivity contribution < 1.29 is 9.47 Å². The van der Waals surface area contributed by atoms with Crippen LogP contribution in [0.15, 0.2) is 53.3 Å². The number of rotatable bonds is 5. The van der Waals surface area contributed by atoms with Gasteiger partial charge in [-0.2, -0.15) is 0 Å². The Labute approximate surface area is 183 Å². The number of ether oxygens (including phenoxy) is 2.